The third-order valence-corrected chi connectivity index (χ3v) is 1.84. The minimum atomic E-state index is 0.0290. The van der Waals surface area contributed by atoms with E-state index >= 15 is 0 Å². The second-order valence-corrected chi connectivity index (χ2v) is 2.86. The number of aromatic hydroxyl groups is 1. The minimum Gasteiger partial charge on any atom is -0.503 e. The molecule has 82 valence electrons. The Hall–Kier alpha value is -2.31. The molecule has 0 amide bonds. The van der Waals surface area contributed by atoms with Crippen LogP contribution in [0.1, 0.15) is 12.0 Å². The van der Waals surface area contributed by atoms with E-state index in [2.05, 4.69) is 21.9 Å². The fraction of sp³-hybridized carbons (Fsp3) is 0.273. The van der Waals surface area contributed by atoms with Crippen molar-refractivity contribution in [3.63, 3.8) is 0 Å². The largest absolute Gasteiger partial charge is 0.503 e. The molecule has 0 heterocycles. The lowest BCUT2D eigenvalue weighted by Crippen LogP contribution is -1.85. The molecule has 1 aromatic carbocycles. The Morgan fingerprint density at radius 1 is 1.56 bits per heavy atom. The number of ether oxygens (including phenoxy) is 1. The smallest absolute Gasteiger partial charge is 0.173 e. The Bertz CT molecular complexity index is 468. The number of methoxy groups -OCH3 is 1. The van der Waals surface area contributed by atoms with Crippen LogP contribution in [0.3, 0.4) is 0 Å². The van der Waals surface area contributed by atoms with Gasteiger partial charge in [0.15, 0.2) is 11.5 Å². The van der Waals surface area contributed by atoms with E-state index in [-0.39, 0.29) is 5.75 Å². The highest BCUT2D eigenvalue weighted by atomic mass is 16.5. The zero-order valence-corrected chi connectivity index (χ0v) is 8.84. The van der Waals surface area contributed by atoms with Crippen LogP contribution in [-0.4, -0.2) is 18.8 Å². The van der Waals surface area contributed by atoms with Gasteiger partial charge in [-0.05, 0) is 17.7 Å². The highest BCUT2D eigenvalue weighted by Gasteiger charge is 2.03. The van der Waals surface area contributed by atoms with Crippen molar-refractivity contribution in [1.29, 1.82) is 0 Å². The summed E-state index contributed by atoms with van der Waals surface area (Å²) in [5.74, 6) is 6.00. The molecule has 0 aliphatic rings. The highest BCUT2D eigenvalue weighted by Crippen LogP contribution is 2.28. The third kappa shape index (κ3) is 3.12. The lowest BCUT2D eigenvalue weighted by molar-refractivity contribution is 0.373. The van der Waals surface area contributed by atoms with E-state index in [9.17, 15) is 5.11 Å². The summed E-state index contributed by atoms with van der Waals surface area (Å²) in [7, 11) is 1.48. The van der Waals surface area contributed by atoms with Gasteiger partial charge in [0.25, 0.3) is 0 Å². The van der Waals surface area contributed by atoms with Gasteiger partial charge in [0.2, 0.25) is 0 Å². The molecule has 0 atom stereocenters. The van der Waals surface area contributed by atoms with E-state index in [4.69, 9.17) is 10.3 Å². The van der Waals surface area contributed by atoms with Gasteiger partial charge in [-0.3, -0.25) is 0 Å². The molecule has 0 spiro atoms. The zero-order valence-electron chi connectivity index (χ0n) is 8.84. The Labute approximate surface area is 93.3 Å². The van der Waals surface area contributed by atoms with Gasteiger partial charge >= 0.3 is 0 Å². The second-order valence-electron chi connectivity index (χ2n) is 2.86. The van der Waals surface area contributed by atoms with Gasteiger partial charge < -0.3 is 9.84 Å². The van der Waals surface area contributed by atoms with Gasteiger partial charge in [-0.2, -0.15) is 0 Å². The first kappa shape index (κ1) is 11.8. The van der Waals surface area contributed by atoms with Crippen molar-refractivity contribution in [2.75, 3.05) is 13.7 Å². The fourth-order valence-electron chi connectivity index (χ4n) is 1.10. The highest BCUT2D eigenvalue weighted by molar-refractivity contribution is 5.53. The van der Waals surface area contributed by atoms with Crippen molar-refractivity contribution in [1.82, 2.24) is 0 Å². The van der Waals surface area contributed by atoms with Gasteiger partial charge in [0.1, 0.15) is 0 Å². The van der Waals surface area contributed by atoms with Gasteiger partial charge in [-0.1, -0.05) is 23.0 Å². The summed E-state index contributed by atoms with van der Waals surface area (Å²) in [4.78, 5) is 2.61. The topological polar surface area (TPSA) is 78.2 Å². The predicted octanol–water partition coefficient (Wildman–Crippen LogP) is 2.45. The standard InChI is InChI=1S/C11H11N3O2/c1-16-10-7-4-6-9(11(10)15)5-2-3-8-13-14-12/h4,6-7,15H,3,8H2,1H3. The van der Waals surface area contributed by atoms with Crippen LogP contribution in [0.25, 0.3) is 10.4 Å². The van der Waals surface area contributed by atoms with E-state index < -0.39 is 0 Å². The number of para-hydroxylation sites is 1. The molecule has 0 unspecified atom stereocenters. The summed E-state index contributed by atoms with van der Waals surface area (Å²) in [5.41, 5.74) is 8.55. The van der Waals surface area contributed by atoms with Gasteiger partial charge in [0.05, 0.1) is 12.7 Å². The Balaban J connectivity index is 2.76. The number of hydrogen-bond acceptors (Lipinski definition) is 3. The molecule has 0 radical (unpaired) electrons. The van der Waals surface area contributed by atoms with Crippen molar-refractivity contribution in [2.45, 2.75) is 6.42 Å². The molecule has 0 aliphatic carbocycles. The second kappa shape index (κ2) is 6.23. The first-order valence-electron chi connectivity index (χ1n) is 4.65. The number of nitrogens with zero attached hydrogens (tertiary/aromatic N) is 3. The van der Waals surface area contributed by atoms with Crippen LogP contribution < -0.4 is 4.74 Å². The summed E-state index contributed by atoms with van der Waals surface area (Å²) in [6.45, 7) is 0.328. The molecule has 0 saturated carbocycles. The average Bonchev–Trinajstić information content (AvgIpc) is 2.31. The summed E-state index contributed by atoms with van der Waals surface area (Å²) in [6, 6.07) is 5.09. The molecule has 16 heavy (non-hydrogen) atoms. The molecule has 0 aliphatic heterocycles. The van der Waals surface area contributed by atoms with Crippen LogP contribution in [0.4, 0.5) is 0 Å². The van der Waals surface area contributed by atoms with Crippen LogP contribution >= 0.6 is 0 Å². The Kier molecular flexibility index (Phi) is 4.58. The van der Waals surface area contributed by atoms with E-state index in [1.165, 1.54) is 7.11 Å². The summed E-state index contributed by atoms with van der Waals surface area (Å²) in [6.07, 6.45) is 0.459. The maximum Gasteiger partial charge on any atom is 0.173 e. The SMILES string of the molecule is COc1cccc(C#CCCN=[N+]=[N-])c1O. The number of phenolic OH excluding ortho intramolecular Hbond substituents is 1. The molecule has 0 fully saturated rings. The van der Waals surface area contributed by atoms with Gasteiger partial charge in [0, 0.05) is 17.9 Å². The van der Waals surface area contributed by atoms with E-state index in [0.717, 1.165) is 0 Å². The van der Waals surface area contributed by atoms with Gasteiger partial charge in [-0.15, -0.1) is 0 Å². The molecule has 0 bridgehead atoms. The lowest BCUT2D eigenvalue weighted by Gasteiger charge is -2.03. The summed E-state index contributed by atoms with van der Waals surface area (Å²) < 4.78 is 4.95. The first-order valence-corrected chi connectivity index (χ1v) is 4.65. The van der Waals surface area contributed by atoms with Crippen LogP contribution in [0, 0.1) is 11.8 Å². The van der Waals surface area contributed by atoms with Crippen LogP contribution in [0.2, 0.25) is 0 Å². The molecular formula is C11H11N3O2. The number of hydrogen-bond donors (Lipinski definition) is 1. The lowest BCUT2D eigenvalue weighted by atomic mass is 10.2. The Morgan fingerprint density at radius 3 is 3.06 bits per heavy atom. The van der Waals surface area contributed by atoms with E-state index in [0.29, 0.717) is 24.3 Å². The molecule has 0 saturated heterocycles. The van der Waals surface area contributed by atoms with Crippen LogP contribution in [-0.2, 0) is 0 Å². The van der Waals surface area contributed by atoms with Gasteiger partial charge in [-0.25, -0.2) is 0 Å². The Morgan fingerprint density at radius 2 is 2.38 bits per heavy atom. The molecule has 1 N–H and O–H groups in total. The molecule has 0 aromatic heterocycles. The quantitative estimate of drug-likeness (QED) is 0.277. The van der Waals surface area contributed by atoms with Crippen LogP contribution in [0.5, 0.6) is 11.5 Å². The fourth-order valence-corrected chi connectivity index (χ4v) is 1.10. The maximum atomic E-state index is 9.68. The minimum absolute atomic E-state index is 0.0290. The predicted molar refractivity (Wildman–Crippen MR) is 60.2 cm³/mol. The van der Waals surface area contributed by atoms with Crippen molar-refractivity contribution in [3.05, 3.63) is 34.2 Å². The number of azide groups is 1. The molecule has 1 aromatic rings. The monoisotopic (exact) mass is 217 g/mol. The van der Waals surface area contributed by atoms with Crippen molar-refractivity contribution in [2.24, 2.45) is 5.11 Å². The zero-order chi connectivity index (χ0) is 11.8. The number of benzene rings is 1. The molecule has 5 nitrogen and oxygen atoms in total. The molecular weight excluding hydrogens is 206 g/mol. The third-order valence-electron chi connectivity index (χ3n) is 1.84. The van der Waals surface area contributed by atoms with Crippen molar-refractivity contribution < 1.29 is 9.84 Å². The average molecular weight is 217 g/mol. The van der Waals surface area contributed by atoms with Crippen molar-refractivity contribution >= 4 is 0 Å². The summed E-state index contributed by atoms with van der Waals surface area (Å²) >= 11 is 0. The summed E-state index contributed by atoms with van der Waals surface area (Å²) in [5, 5.41) is 13.0. The first-order chi connectivity index (χ1) is 7.79. The van der Waals surface area contributed by atoms with Crippen molar-refractivity contribution in [3.8, 4) is 23.3 Å². The normalized spacial score (nSPS) is 8.56. The molecule has 1 rings (SSSR count). The number of rotatable bonds is 3. The maximum absolute atomic E-state index is 9.68. The van der Waals surface area contributed by atoms with Crippen LogP contribution in [0.15, 0.2) is 23.3 Å². The van der Waals surface area contributed by atoms with E-state index in [1.54, 1.807) is 18.2 Å². The van der Waals surface area contributed by atoms with E-state index in [1.807, 2.05) is 0 Å². The molecule has 5 heteroatoms. The number of phenols is 1.